The Bertz CT molecular complexity index is 921. The Kier molecular flexibility index (Phi) is 7.22. The number of ketones is 1. The summed E-state index contributed by atoms with van der Waals surface area (Å²) in [5.41, 5.74) is 2.92. The maximum absolute atomic E-state index is 12.4. The van der Waals surface area contributed by atoms with Gasteiger partial charge in [-0.15, -0.1) is 0 Å². The molecule has 0 saturated heterocycles. The lowest BCUT2D eigenvalue weighted by Crippen LogP contribution is -2.34. The van der Waals surface area contributed by atoms with Crippen LogP contribution in [0.2, 0.25) is 0 Å². The summed E-state index contributed by atoms with van der Waals surface area (Å²) in [7, 11) is 0. The monoisotopic (exact) mass is 408 g/mol. The highest BCUT2D eigenvalue weighted by Gasteiger charge is 2.23. The quantitative estimate of drug-likeness (QED) is 0.464. The number of ether oxygens (including phenoxy) is 1. The van der Waals surface area contributed by atoms with Crippen LogP contribution in [0.3, 0.4) is 0 Å². The molecule has 0 bridgehead atoms. The summed E-state index contributed by atoms with van der Waals surface area (Å²) in [4.78, 5) is 36.4. The molecule has 2 aromatic carbocycles. The Balaban J connectivity index is 1.49. The largest absolute Gasteiger partial charge is 0.479 e. The fourth-order valence-electron chi connectivity index (χ4n) is 3.32. The number of carbonyl (C=O) groups is 3. The Labute approximate surface area is 177 Å². The van der Waals surface area contributed by atoms with Gasteiger partial charge in [-0.1, -0.05) is 44.0 Å². The fraction of sp³-hybridized carbons (Fsp3) is 0.375. The average Bonchev–Trinajstić information content (AvgIpc) is 2.74. The van der Waals surface area contributed by atoms with E-state index in [1.54, 1.807) is 25.1 Å². The third-order valence-corrected chi connectivity index (χ3v) is 5.12. The second-order valence-corrected chi connectivity index (χ2v) is 7.59. The molecule has 1 atom stereocenters. The Morgan fingerprint density at radius 2 is 1.83 bits per heavy atom. The van der Waals surface area contributed by atoms with Crippen molar-refractivity contribution in [2.24, 2.45) is 0 Å². The number of anilines is 2. The molecule has 1 aliphatic rings. The molecule has 0 saturated carbocycles. The number of hydrogen-bond donors (Lipinski definition) is 2. The van der Waals surface area contributed by atoms with Crippen LogP contribution >= 0.6 is 0 Å². The molecule has 0 aliphatic carbocycles. The number of unbranched alkanes of at least 4 members (excludes halogenated alkanes) is 2. The first kappa shape index (κ1) is 21.6. The third kappa shape index (κ3) is 5.69. The van der Waals surface area contributed by atoms with Crippen molar-refractivity contribution in [1.29, 1.82) is 0 Å². The maximum Gasteiger partial charge on any atom is 0.265 e. The number of benzene rings is 2. The standard InChI is InChI=1S/C24H28N2O4/c1-3-4-5-6-17-7-9-18(10-8-17)21(27)12-14-23(28)25-19-11-13-22-20(15-19)26-24(29)16(2)30-22/h7-11,13,15-16H,3-6,12,14H2,1-2H3,(H,25,28)(H,26,29)/t16-/m1/s1. The zero-order valence-corrected chi connectivity index (χ0v) is 17.5. The van der Waals surface area contributed by atoms with E-state index >= 15 is 0 Å². The second-order valence-electron chi connectivity index (χ2n) is 7.59. The van der Waals surface area contributed by atoms with Crippen LogP contribution in [-0.2, 0) is 16.0 Å². The SMILES string of the molecule is CCCCCc1ccc(C(=O)CCC(=O)Nc2ccc3c(c2)NC(=O)[C@@H](C)O3)cc1. The van der Waals surface area contributed by atoms with Crippen molar-refractivity contribution < 1.29 is 19.1 Å². The highest BCUT2D eigenvalue weighted by Crippen LogP contribution is 2.32. The predicted octanol–water partition coefficient (Wildman–Crippen LogP) is 4.74. The Hall–Kier alpha value is -3.15. The van der Waals surface area contributed by atoms with E-state index < -0.39 is 6.10 Å². The number of rotatable bonds is 9. The normalized spacial score (nSPS) is 15.0. The van der Waals surface area contributed by atoms with E-state index in [-0.39, 0.29) is 30.4 Å². The van der Waals surface area contributed by atoms with Gasteiger partial charge in [0.05, 0.1) is 5.69 Å². The molecule has 2 N–H and O–H groups in total. The van der Waals surface area contributed by atoms with Crippen molar-refractivity contribution in [3.05, 3.63) is 53.6 Å². The number of nitrogens with one attached hydrogen (secondary N) is 2. The lowest BCUT2D eigenvalue weighted by Gasteiger charge is -2.23. The van der Waals surface area contributed by atoms with E-state index in [4.69, 9.17) is 4.74 Å². The zero-order chi connectivity index (χ0) is 21.5. The highest BCUT2D eigenvalue weighted by molar-refractivity contribution is 6.01. The van der Waals surface area contributed by atoms with Crippen LogP contribution in [0.1, 0.15) is 61.9 Å². The summed E-state index contributed by atoms with van der Waals surface area (Å²) in [6.45, 7) is 3.85. The van der Waals surface area contributed by atoms with Crippen LogP contribution < -0.4 is 15.4 Å². The number of carbonyl (C=O) groups excluding carboxylic acids is 3. The van der Waals surface area contributed by atoms with Crippen molar-refractivity contribution in [3.8, 4) is 5.75 Å². The van der Waals surface area contributed by atoms with Gasteiger partial charge in [0.25, 0.3) is 5.91 Å². The molecule has 2 amide bonds. The number of amides is 2. The van der Waals surface area contributed by atoms with Gasteiger partial charge in [0.2, 0.25) is 5.91 Å². The van der Waals surface area contributed by atoms with Crippen molar-refractivity contribution in [3.63, 3.8) is 0 Å². The van der Waals surface area contributed by atoms with Crippen LogP contribution in [0.5, 0.6) is 5.75 Å². The van der Waals surface area contributed by atoms with E-state index in [9.17, 15) is 14.4 Å². The molecule has 1 aliphatic heterocycles. The van der Waals surface area contributed by atoms with Gasteiger partial charge in [-0.25, -0.2) is 0 Å². The summed E-state index contributed by atoms with van der Waals surface area (Å²) >= 11 is 0. The smallest absolute Gasteiger partial charge is 0.265 e. The third-order valence-electron chi connectivity index (χ3n) is 5.12. The predicted molar refractivity (Wildman–Crippen MR) is 117 cm³/mol. The van der Waals surface area contributed by atoms with E-state index in [0.717, 1.165) is 12.8 Å². The maximum atomic E-state index is 12.4. The van der Waals surface area contributed by atoms with Crippen molar-refractivity contribution in [1.82, 2.24) is 0 Å². The molecule has 2 aromatic rings. The summed E-state index contributed by atoms with van der Waals surface area (Å²) in [6.07, 6.45) is 4.26. The molecule has 0 unspecified atom stereocenters. The molecule has 6 heteroatoms. The van der Waals surface area contributed by atoms with Crippen LogP contribution in [0.4, 0.5) is 11.4 Å². The Morgan fingerprint density at radius 1 is 1.07 bits per heavy atom. The first-order valence-corrected chi connectivity index (χ1v) is 10.5. The molecular formula is C24H28N2O4. The van der Waals surface area contributed by atoms with Gasteiger partial charge in [0.1, 0.15) is 5.75 Å². The summed E-state index contributed by atoms with van der Waals surface area (Å²) in [5.74, 6) is 0.0302. The van der Waals surface area contributed by atoms with E-state index in [1.165, 1.54) is 18.4 Å². The minimum atomic E-state index is -0.547. The minimum absolute atomic E-state index is 0.0506. The van der Waals surface area contributed by atoms with E-state index in [1.807, 2.05) is 24.3 Å². The molecule has 1 heterocycles. The Morgan fingerprint density at radius 3 is 2.57 bits per heavy atom. The van der Waals surface area contributed by atoms with Crippen LogP contribution in [0.25, 0.3) is 0 Å². The lowest BCUT2D eigenvalue weighted by molar-refractivity contribution is -0.122. The molecule has 3 rings (SSSR count). The van der Waals surface area contributed by atoms with Gasteiger partial charge in [-0.05, 0) is 43.5 Å². The summed E-state index contributed by atoms with van der Waals surface area (Å²) in [6, 6.07) is 12.7. The molecule has 0 aromatic heterocycles. The topological polar surface area (TPSA) is 84.5 Å². The summed E-state index contributed by atoms with van der Waals surface area (Å²) < 4.78 is 5.50. The first-order valence-electron chi connectivity index (χ1n) is 10.5. The molecular weight excluding hydrogens is 380 g/mol. The van der Waals surface area contributed by atoms with E-state index in [2.05, 4.69) is 17.6 Å². The van der Waals surface area contributed by atoms with Gasteiger partial charge in [0.15, 0.2) is 11.9 Å². The van der Waals surface area contributed by atoms with Crippen LogP contribution in [0, 0.1) is 0 Å². The highest BCUT2D eigenvalue weighted by atomic mass is 16.5. The number of aryl methyl sites for hydroxylation is 1. The first-order chi connectivity index (χ1) is 14.5. The molecule has 0 radical (unpaired) electrons. The zero-order valence-electron chi connectivity index (χ0n) is 17.5. The van der Waals surface area contributed by atoms with Crippen LogP contribution in [-0.4, -0.2) is 23.7 Å². The van der Waals surface area contributed by atoms with Gasteiger partial charge >= 0.3 is 0 Å². The molecule has 158 valence electrons. The average molecular weight is 408 g/mol. The van der Waals surface area contributed by atoms with Gasteiger partial charge in [0, 0.05) is 24.1 Å². The molecule has 0 spiro atoms. The molecule has 0 fully saturated rings. The van der Waals surface area contributed by atoms with Gasteiger partial charge < -0.3 is 15.4 Å². The van der Waals surface area contributed by atoms with Gasteiger partial charge in [-0.2, -0.15) is 0 Å². The van der Waals surface area contributed by atoms with Gasteiger partial charge in [-0.3, -0.25) is 14.4 Å². The second kappa shape index (κ2) is 10.1. The fourth-order valence-corrected chi connectivity index (χ4v) is 3.32. The van der Waals surface area contributed by atoms with Crippen molar-refractivity contribution >= 4 is 29.0 Å². The van der Waals surface area contributed by atoms with Crippen LogP contribution in [0.15, 0.2) is 42.5 Å². The lowest BCUT2D eigenvalue weighted by atomic mass is 10.0. The van der Waals surface area contributed by atoms with Crippen molar-refractivity contribution in [2.75, 3.05) is 10.6 Å². The summed E-state index contributed by atoms with van der Waals surface area (Å²) in [5, 5.41) is 5.51. The number of hydrogen-bond acceptors (Lipinski definition) is 4. The van der Waals surface area contributed by atoms with E-state index in [0.29, 0.717) is 22.7 Å². The molecule has 30 heavy (non-hydrogen) atoms. The number of fused-ring (bicyclic) bond motifs is 1. The van der Waals surface area contributed by atoms with Crippen molar-refractivity contribution in [2.45, 2.75) is 58.5 Å². The molecule has 6 nitrogen and oxygen atoms in total. The number of Topliss-reactive ketones (excluding diaryl/α,β-unsaturated/α-hetero) is 1. The minimum Gasteiger partial charge on any atom is -0.479 e.